The lowest BCUT2D eigenvalue weighted by Crippen LogP contribution is -2.21. The van der Waals surface area contributed by atoms with Gasteiger partial charge < -0.3 is 14.8 Å². The minimum Gasteiger partial charge on any atom is -0.456 e. The Balaban J connectivity index is 1.82. The van der Waals surface area contributed by atoms with Crippen molar-refractivity contribution in [3.05, 3.63) is 40.2 Å². The molecule has 0 atom stereocenters. The maximum atomic E-state index is 12.3. The van der Waals surface area contributed by atoms with Crippen molar-refractivity contribution >= 4 is 29.2 Å². The van der Waals surface area contributed by atoms with E-state index in [9.17, 15) is 18.4 Å². The van der Waals surface area contributed by atoms with Crippen molar-refractivity contribution < 1.29 is 27.8 Å². The quantitative estimate of drug-likeness (QED) is 0.530. The van der Waals surface area contributed by atoms with Gasteiger partial charge in [0.15, 0.2) is 6.61 Å². The standard InChI is InChI=1S/C21H26ClF2N3O4/c1-12(2)10-27-14(4)16(13(3)26-27)6-8-20(29)30-11-19(28)25-15-5-7-18(17(22)9-15)31-21(23)24/h5,7,9,12,21H,6,8,10-11H2,1-4H3,(H,25,28). The molecule has 2 rings (SSSR count). The number of rotatable bonds is 10. The number of alkyl halides is 2. The minimum atomic E-state index is -3.01. The summed E-state index contributed by atoms with van der Waals surface area (Å²) in [4.78, 5) is 24.0. The van der Waals surface area contributed by atoms with Gasteiger partial charge in [-0.05, 0) is 49.9 Å². The number of nitrogens with one attached hydrogen (secondary N) is 1. The number of carbonyl (C=O) groups is 2. The molecule has 0 saturated heterocycles. The second-order valence-electron chi connectivity index (χ2n) is 7.46. The van der Waals surface area contributed by atoms with Gasteiger partial charge in [-0.3, -0.25) is 14.3 Å². The summed E-state index contributed by atoms with van der Waals surface area (Å²) in [6.45, 7) is 5.41. The highest BCUT2D eigenvalue weighted by Gasteiger charge is 2.15. The molecule has 0 radical (unpaired) electrons. The maximum absolute atomic E-state index is 12.3. The van der Waals surface area contributed by atoms with E-state index in [2.05, 4.69) is 29.0 Å². The summed E-state index contributed by atoms with van der Waals surface area (Å²) < 4.78 is 35.7. The van der Waals surface area contributed by atoms with Crippen molar-refractivity contribution in [3.63, 3.8) is 0 Å². The molecule has 0 fully saturated rings. The molecular weight excluding hydrogens is 432 g/mol. The fourth-order valence-corrected chi connectivity index (χ4v) is 3.26. The largest absolute Gasteiger partial charge is 0.456 e. The zero-order chi connectivity index (χ0) is 23.1. The molecule has 2 aromatic rings. The number of esters is 1. The Morgan fingerprint density at radius 1 is 1.26 bits per heavy atom. The Labute approximate surface area is 184 Å². The van der Waals surface area contributed by atoms with Crippen LogP contribution >= 0.6 is 11.6 Å². The third kappa shape index (κ3) is 7.50. The van der Waals surface area contributed by atoms with Gasteiger partial charge in [0.2, 0.25) is 0 Å². The highest BCUT2D eigenvalue weighted by atomic mass is 35.5. The van der Waals surface area contributed by atoms with Crippen LogP contribution in [0.4, 0.5) is 14.5 Å². The smallest absolute Gasteiger partial charge is 0.387 e. The molecule has 1 aromatic carbocycles. The monoisotopic (exact) mass is 457 g/mol. The summed E-state index contributed by atoms with van der Waals surface area (Å²) in [6, 6.07) is 3.82. The average molecular weight is 458 g/mol. The maximum Gasteiger partial charge on any atom is 0.387 e. The van der Waals surface area contributed by atoms with Gasteiger partial charge in [0.1, 0.15) is 5.75 Å². The van der Waals surface area contributed by atoms with E-state index in [-0.39, 0.29) is 22.9 Å². The molecule has 1 amide bonds. The zero-order valence-electron chi connectivity index (χ0n) is 17.9. The number of nitrogens with zero attached hydrogens (tertiary/aromatic N) is 2. The molecule has 1 heterocycles. The highest BCUT2D eigenvalue weighted by molar-refractivity contribution is 6.32. The van der Waals surface area contributed by atoms with Crippen molar-refractivity contribution in [1.82, 2.24) is 9.78 Å². The van der Waals surface area contributed by atoms with Crippen molar-refractivity contribution in [3.8, 4) is 5.75 Å². The summed E-state index contributed by atoms with van der Waals surface area (Å²) in [6.07, 6.45) is 0.589. The number of hydrogen-bond acceptors (Lipinski definition) is 5. The van der Waals surface area contributed by atoms with Crippen LogP contribution < -0.4 is 10.1 Å². The van der Waals surface area contributed by atoms with E-state index < -0.39 is 25.1 Å². The normalized spacial score (nSPS) is 11.1. The molecule has 0 aliphatic heterocycles. The number of benzene rings is 1. The third-order valence-corrected chi connectivity index (χ3v) is 4.74. The molecule has 0 aliphatic rings. The lowest BCUT2D eigenvalue weighted by Gasteiger charge is -2.10. The molecule has 31 heavy (non-hydrogen) atoms. The third-order valence-electron chi connectivity index (χ3n) is 4.44. The minimum absolute atomic E-state index is 0.0844. The molecule has 0 aliphatic carbocycles. The molecule has 7 nitrogen and oxygen atoms in total. The van der Waals surface area contributed by atoms with Crippen LogP contribution in [-0.4, -0.2) is 34.9 Å². The lowest BCUT2D eigenvalue weighted by molar-refractivity contribution is -0.147. The summed E-state index contributed by atoms with van der Waals surface area (Å²) in [5.41, 5.74) is 3.16. The van der Waals surface area contributed by atoms with Crippen LogP contribution in [0.15, 0.2) is 18.2 Å². The van der Waals surface area contributed by atoms with Crippen LogP contribution in [-0.2, 0) is 27.3 Å². The number of hydrogen-bond donors (Lipinski definition) is 1. The Kier molecular flexibility index (Phi) is 8.79. The summed E-state index contributed by atoms with van der Waals surface area (Å²) in [7, 11) is 0. The first-order valence-corrected chi connectivity index (χ1v) is 10.2. The Bertz CT molecular complexity index is 932. The van der Waals surface area contributed by atoms with Gasteiger partial charge in [-0.1, -0.05) is 25.4 Å². The van der Waals surface area contributed by atoms with Gasteiger partial charge in [-0.2, -0.15) is 13.9 Å². The Morgan fingerprint density at radius 3 is 2.58 bits per heavy atom. The van der Waals surface area contributed by atoms with E-state index in [1.165, 1.54) is 18.2 Å². The molecule has 10 heteroatoms. The number of carbonyl (C=O) groups excluding carboxylic acids is 2. The summed E-state index contributed by atoms with van der Waals surface area (Å²) in [5, 5.41) is 6.91. The van der Waals surface area contributed by atoms with E-state index in [4.69, 9.17) is 16.3 Å². The number of amides is 1. The zero-order valence-corrected chi connectivity index (χ0v) is 18.6. The molecule has 0 bridgehead atoms. The van der Waals surface area contributed by atoms with Gasteiger partial charge in [0.25, 0.3) is 5.91 Å². The highest BCUT2D eigenvalue weighted by Crippen LogP contribution is 2.28. The van der Waals surface area contributed by atoms with Crippen LogP contribution in [0, 0.1) is 19.8 Å². The fraction of sp³-hybridized carbons (Fsp3) is 0.476. The van der Waals surface area contributed by atoms with Crippen LogP contribution in [0.2, 0.25) is 5.02 Å². The fourth-order valence-electron chi connectivity index (χ4n) is 3.03. The average Bonchev–Trinajstić information content (AvgIpc) is 2.92. The summed E-state index contributed by atoms with van der Waals surface area (Å²) in [5.74, 6) is -0.839. The van der Waals surface area contributed by atoms with E-state index >= 15 is 0 Å². The first kappa shape index (κ1) is 24.6. The molecule has 0 spiro atoms. The first-order valence-electron chi connectivity index (χ1n) is 9.79. The van der Waals surface area contributed by atoms with Gasteiger partial charge in [0.05, 0.1) is 10.7 Å². The first-order chi connectivity index (χ1) is 14.6. The Hall–Kier alpha value is -2.68. The van der Waals surface area contributed by atoms with Crippen molar-refractivity contribution in [2.75, 3.05) is 11.9 Å². The molecule has 1 N–H and O–H groups in total. The van der Waals surface area contributed by atoms with Crippen molar-refractivity contribution in [1.29, 1.82) is 0 Å². The number of halogens is 3. The molecular formula is C21H26ClF2N3O4. The number of aromatic nitrogens is 2. The SMILES string of the molecule is Cc1nn(CC(C)C)c(C)c1CCC(=O)OCC(=O)Nc1ccc(OC(F)F)c(Cl)c1. The van der Waals surface area contributed by atoms with Gasteiger partial charge in [-0.25, -0.2) is 0 Å². The lowest BCUT2D eigenvalue weighted by atomic mass is 10.1. The molecule has 1 aromatic heterocycles. The van der Waals surface area contributed by atoms with Gasteiger partial charge in [0, 0.05) is 24.3 Å². The molecule has 0 unspecified atom stereocenters. The number of ether oxygens (including phenoxy) is 2. The van der Waals surface area contributed by atoms with Gasteiger partial charge >= 0.3 is 12.6 Å². The van der Waals surface area contributed by atoms with Crippen LogP contribution in [0.25, 0.3) is 0 Å². The topological polar surface area (TPSA) is 82.5 Å². The van der Waals surface area contributed by atoms with E-state index in [1.54, 1.807) is 0 Å². The predicted molar refractivity (Wildman–Crippen MR) is 113 cm³/mol. The number of anilines is 1. The Morgan fingerprint density at radius 2 is 1.97 bits per heavy atom. The van der Waals surface area contributed by atoms with Crippen LogP contribution in [0.5, 0.6) is 5.75 Å². The van der Waals surface area contributed by atoms with E-state index in [0.29, 0.717) is 12.3 Å². The van der Waals surface area contributed by atoms with E-state index in [0.717, 1.165) is 23.5 Å². The second-order valence-corrected chi connectivity index (χ2v) is 7.87. The van der Waals surface area contributed by atoms with Gasteiger partial charge in [-0.15, -0.1) is 0 Å². The predicted octanol–water partition coefficient (Wildman–Crippen LogP) is 4.53. The van der Waals surface area contributed by atoms with E-state index in [1.807, 2.05) is 18.5 Å². The number of aryl methyl sites for hydroxylation is 1. The van der Waals surface area contributed by atoms with Crippen LogP contribution in [0.1, 0.15) is 37.2 Å². The second kappa shape index (κ2) is 11.1. The van der Waals surface area contributed by atoms with Crippen LogP contribution in [0.3, 0.4) is 0 Å². The molecule has 0 saturated carbocycles. The van der Waals surface area contributed by atoms with Crippen molar-refractivity contribution in [2.45, 2.75) is 53.7 Å². The summed E-state index contributed by atoms with van der Waals surface area (Å²) >= 11 is 5.84. The molecule has 170 valence electrons. The van der Waals surface area contributed by atoms with Crippen molar-refractivity contribution in [2.24, 2.45) is 5.92 Å².